The van der Waals surface area contributed by atoms with Crippen LogP contribution in [0.1, 0.15) is 149 Å². The molecule has 64 heavy (non-hydrogen) atoms. The van der Waals surface area contributed by atoms with E-state index in [1.165, 1.54) is 48.7 Å². The van der Waals surface area contributed by atoms with Gasteiger partial charge in [-0.3, -0.25) is 0 Å². The summed E-state index contributed by atoms with van der Waals surface area (Å²) in [4.78, 5) is 21.6. The third-order valence-electron chi connectivity index (χ3n) is 12.9. The number of nitrogens with zero attached hydrogens (tertiary/aromatic N) is 2. The first-order valence-electron chi connectivity index (χ1n) is 22.5. The lowest BCUT2D eigenvalue weighted by Gasteiger charge is -2.26. The van der Waals surface area contributed by atoms with Gasteiger partial charge in [-0.15, -0.1) is 22.7 Å². The maximum absolute atomic E-state index is 5.71. The van der Waals surface area contributed by atoms with Gasteiger partial charge in [0.1, 0.15) is 0 Å². The first kappa shape index (κ1) is 42.1. The van der Waals surface area contributed by atoms with Gasteiger partial charge in [-0.2, -0.15) is 0 Å². The second kappa shape index (κ2) is 14.9. The number of fused-ring (bicyclic) bond motifs is 8. The Morgan fingerprint density at radius 3 is 1.44 bits per heavy atom. The average molecular weight is 875 g/mol. The molecule has 2 aliphatic heterocycles. The van der Waals surface area contributed by atoms with Crippen LogP contribution in [0.25, 0.3) is 79.8 Å². The Morgan fingerprint density at radius 1 is 0.438 bits per heavy atom. The van der Waals surface area contributed by atoms with Crippen LogP contribution in [0.3, 0.4) is 0 Å². The predicted octanol–water partition coefficient (Wildman–Crippen LogP) is 16.6. The van der Waals surface area contributed by atoms with Gasteiger partial charge in [0.15, 0.2) is 0 Å². The van der Waals surface area contributed by atoms with Gasteiger partial charge in [0, 0.05) is 59.7 Å². The lowest BCUT2D eigenvalue weighted by molar-refractivity contribution is 0.568. The Bertz CT molecular complexity index is 3210. The Morgan fingerprint density at radius 2 is 0.922 bits per heavy atom. The summed E-state index contributed by atoms with van der Waals surface area (Å²) in [5.41, 5.74) is 22.2. The normalized spacial score (nSPS) is 14.1. The lowest BCUT2D eigenvalue weighted by Crippen LogP contribution is -2.16. The number of nitrogens with one attached hydrogen (secondary N) is 2. The molecule has 0 atom stereocenters. The molecule has 6 heteroatoms. The van der Waals surface area contributed by atoms with Gasteiger partial charge in [0.25, 0.3) is 0 Å². The van der Waals surface area contributed by atoms with E-state index < -0.39 is 0 Å². The second-order valence-corrected chi connectivity index (χ2v) is 23.7. The third-order valence-corrected chi connectivity index (χ3v) is 14.7. The van der Waals surface area contributed by atoms with Crippen LogP contribution in [0.5, 0.6) is 0 Å². The van der Waals surface area contributed by atoms with Crippen molar-refractivity contribution in [1.29, 1.82) is 0 Å². The first-order valence-corrected chi connectivity index (χ1v) is 24.3. The number of aromatic nitrogens is 4. The molecule has 0 radical (unpaired) electrons. The number of aromatic amines is 2. The molecule has 10 rings (SSSR count). The Hall–Kier alpha value is -5.82. The van der Waals surface area contributed by atoms with Gasteiger partial charge in [-0.25, -0.2) is 9.97 Å². The standard InChI is InChI=1S/C58H58N4S2/c1-55(2,3)35-25-33(26-36(29-35)56(4,5)6)49-42-19-17-39(59-42)31-40-18-20-43(60-40)50(34-27-37(57(7,8)9)30-38(28-34)58(10,11)12)46-32-41-51(47-15-13-23-63-47)53(48-16-14-24-64-48)52(54(41)62-46)45-22-21-44(49)61-45/h13-32,59,62H,1-12H3. The largest absolute Gasteiger partial charge is 0.355 e. The summed E-state index contributed by atoms with van der Waals surface area (Å²) in [6.07, 6.45) is 8.82. The quantitative estimate of drug-likeness (QED) is 0.185. The minimum atomic E-state index is -0.0544. The van der Waals surface area contributed by atoms with Gasteiger partial charge < -0.3 is 9.97 Å². The van der Waals surface area contributed by atoms with Gasteiger partial charge in [0.05, 0.1) is 28.3 Å². The number of rotatable bonds is 4. The summed E-state index contributed by atoms with van der Waals surface area (Å²) >= 11 is 3.58. The van der Waals surface area contributed by atoms with Crippen molar-refractivity contribution >= 4 is 80.2 Å². The van der Waals surface area contributed by atoms with Gasteiger partial charge in [-0.05, 0) is 127 Å². The number of benzene rings is 2. The van der Waals surface area contributed by atoms with E-state index in [2.05, 4.69) is 213 Å². The monoisotopic (exact) mass is 874 g/mol. The highest BCUT2D eigenvalue weighted by Crippen LogP contribution is 2.51. The molecule has 4 nitrogen and oxygen atoms in total. The summed E-state index contributed by atoms with van der Waals surface area (Å²) in [5.74, 6) is 0. The Balaban J connectivity index is 1.38. The van der Waals surface area contributed by atoms with Crippen molar-refractivity contribution in [2.24, 2.45) is 0 Å². The minimum absolute atomic E-state index is 0.0480. The number of hydrogen-bond acceptors (Lipinski definition) is 4. The highest BCUT2D eigenvalue weighted by Gasteiger charge is 2.32. The molecule has 2 N–H and O–H groups in total. The lowest BCUT2D eigenvalue weighted by atomic mass is 9.78. The van der Waals surface area contributed by atoms with Crippen LogP contribution in [0.15, 0.2) is 95.7 Å². The van der Waals surface area contributed by atoms with Crippen molar-refractivity contribution in [2.45, 2.75) is 105 Å². The average Bonchev–Trinajstić information content (AvgIpc) is 4.06. The summed E-state index contributed by atoms with van der Waals surface area (Å²) < 4.78 is 0. The van der Waals surface area contributed by atoms with E-state index in [0.717, 1.165) is 72.7 Å². The van der Waals surface area contributed by atoms with Crippen LogP contribution in [0.2, 0.25) is 0 Å². The fourth-order valence-corrected chi connectivity index (χ4v) is 10.7. The van der Waals surface area contributed by atoms with E-state index >= 15 is 0 Å². The molecule has 2 aromatic carbocycles. The van der Waals surface area contributed by atoms with E-state index in [1.807, 2.05) is 0 Å². The molecule has 0 fully saturated rings. The topological polar surface area (TPSA) is 57.4 Å². The van der Waals surface area contributed by atoms with Crippen LogP contribution < -0.4 is 0 Å². The van der Waals surface area contributed by atoms with E-state index in [9.17, 15) is 0 Å². The summed E-state index contributed by atoms with van der Waals surface area (Å²) in [5, 5.41) is 4.38. The maximum atomic E-state index is 5.71. The second-order valence-electron chi connectivity index (χ2n) is 21.8. The molecule has 0 saturated carbocycles. The predicted molar refractivity (Wildman–Crippen MR) is 278 cm³/mol. The zero-order valence-corrected chi connectivity index (χ0v) is 40.9. The minimum Gasteiger partial charge on any atom is -0.355 e. The van der Waals surface area contributed by atoms with Crippen molar-refractivity contribution in [3.63, 3.8) is 0 Å². The first-order chi connectivity index (χ1) is 30.2. The zero-order valence-electron chi connectivity index (χ0n) is 39.3. The van der Waals surface area contributed by atoms with Gasteiger partial charge in [0.2, 0.25) is 0 Å². The SMILES string of the molecule is CC(C)(C)c1cc(-c2c3nc(c4c5[nH]c(cc5C(c5cccs5)=C4c4cccs4)c(-c4cc(C(C)(C)C)cc(C(C)(C)C)c4)c4nc(cc5ccc2[nH]5)C=C4)C=C3)cc(C(C)(C)C)c1. The van der Waals surface area contributed by atoms with Crippen LogP contribution in [0.4, 0.5) is 0 Å². The molecule has 0 saturated heterocycles. The smallest absolute Gasteiger partial charge is 0.0738 e. The number of thiophene rings is 2. The highest BCUT2D eigenvalue weighted by atomic mass is 32.1. The number of H-pyrrole nitrogens is 2. The summed E-state index contributed by atoms with van der Waals surface area (Å²) in [6.45, 7) is 27.7. The molecule has 0 amide bonds. The molecule has 0 unspecified atom stereocenters. The third kappa shape index (κ3) is 7.48. The van der Waals surface area contributed by atoms with E-state index in [0.29, 0.717) is 0 Å². The van der Waals surface area contributed by atoms with Crippen molar-refractivity contribution in [2.75, 3.05) is 0 Å². The molecule has 0 spiro atoms. The Kier molecular flexibility index (Phi) is 9.79. The van der Waals surface area contributed by atoms with Gasteiger partial charge in [-0.1, -0.05) is 132 Å². The van der Waals surface area contributed by atoms with Crippen LogP contribution in [-0.2, 0) is 21.7 Å². The fourth-order valence-electron chi connectivity index (χ4n) is 9.17. The zero-order chi connectivity index (χ0) is 45.1. The molecule has 8 bridgehead atoms. The molecular formula is C58H58N4S2. The van der Waals surface area contributed by atoms with Crippen molar-refractivity contribution in [3.05, 3.63) is 162 Å². The number of hydrogen-bond donors (Lipinski definition) is 2. The summed E-state index contributed by atoms with van der Waals surface area (Å²) in [7, 11) is 0. The van der Waals surface area contributed by atoms with Crippen molar-refractivity contribution in [3.8, 4) is 22.3 Å². The van der Waals surface area contributed by atoms with E-state index in [4.69, 9.17) is 9.97 Å². The molecule has 7 aromatic rings. The van der Waals surface area contributed by atoms with Crippen LogP contribution in [-0.4, -0.2) is 19.9 Å². The van der Waals surface area contributed by atoms with Crippen LogP contribution >= 0.6 is 22.7 Å². The van der Waals surface area contributed by atoms with Crippen LogP contribution in [0, 0.1) is 0 Å². The molecule has 1 aliphatic carbocycles. The molecule has 5 aromatic heterocycles. The van der Waals surface area contributed by atoms with E-state index in [-0.39, 0.29) is 21.7 Å². The molecular weight excluding hydrogens is 817 g/mol. The van der Waals surface area contributed by atoms with Crippen molar-refractivity contribution < 1.29 is 0 Å². The van der Waals surface area contributed by atoms with Gasteiger partial charge >= 0.3 is 0 Å². The fraction of sp³-hybridized carbons (Fsp3) is 0.276. The molecule has 322 valence electrons. The summed E-state index contributed by atoms with van der Waals surface area (Å²) in [6, 6.07) is 32.2. The van der Waals surface area contributed by atoms with E-state index in [1.54, 1.807) is 22.7 Å². The molecule has 7 heterocycles. The Labute approximate surface area is 386 Å². The molecule has 3 aliphatic rings. The maximum Gasteiger partial charge on any atom is 0.0738 e. The van der Waals surface area contributed by atoms with Crippen molar-refractivity contribution in [1.82, 2.24) is 19.9 Å². The highest BCUT2D eigenvalue weighted by molar-refractivity contribution is 7.12.